The third-order valence-corrected chi connectivity index (χ3v) is 0.530. The number of aliphatic hydroxyl groups excluding tert-OH is 2. The molecule has 0 heterocycles. The first kappa shape index (κ1) is 18.7. The van der Waals surface area contributed by atoms with Gasteiger partial charge in [-0.25, -0.2) is 0 Å². The predicted octanol–water partition coefficient (Wildman–Crippen LogP) is -0.0332. The SMILES string of the molecule is CC(C)NC(O)=S.NC(O)=S.[KH]. The second-order valence-electron chi connectivity index (χ2n) is 1.94. The standard InChI is InChI=1S/C4H9NOS.CH3NOS.K.H/c1-3(2)5-4(6)7;2-1(3)4;;/h3H,1-2H3,(H2,5,6,7);(H3,2,3,4);;. The van der Waals surface area contributed by atoms with Gasteiger partial charge in [-0.1, -0.05) is 0 Å². The maximum absolute atomic E-state index is 8.34. The first-order valence-corrected chi connectivity index (χ1v) is 3.65. The summed E-state index contributed by atoms with van der Waals surface area (Å²) < 4.78 is 0. The van der Waals surface area contributed by atoms with Crippen LogP contribution in [-0.2, 0) is 0 Å². The van der Waals surface area contributed by atoms with Gasteiger partial charge in [0.1, 0.15) is 0 Å². The van der Waals surface area contributed by atoms with Crippen LogP contribution in [0.2, 0.25) is 0 Å². The zero-order valence-electron chi connectivity index (χ0n) is 6.37. The van der Waals surface area contributed by atoms with Gasteiger partial charge in [-0.3, -0.25) is 0 Å². The number of hydrogen-bond donors (Lipinski definition) is 4. The van der Waals surface area contributed by atoms with Crippen molar-refractivity contribution in [2.75, 3.05) is 0 Å². The third kappa shape index (κ3) is 43.9. The molecule has 5 N–H and O–H groups in total. The summed E-state index contributed by atoms with van der Waals surface area (Å²) in [5.41, 5.74) is 4.40. The monoisotopic (exact) mass is 236 g/mol. The van der Waals surface area contributed by atoms with Crippen molar-refractivity contribution in [2.24, 2.45) is 5.73 Å². The zero-order chi connectivity index (χ0) is 9.44. The summed E-state index contributed by atoms with van der Waals surface area (Å²) in [6.45, 7) is 3.81. The van der Waals surface area contributed by atoms with Crippen LogP contribution in [0.25, 0.3) is 0 Å². The molecule has 12 heavy (non-hydrogen) atoms. The molecule has 0 unspecified atom stereocenters. The molecule has 7 heteroatoms. The molecule has 0 spiro atoms. The van der Waals surface area contributed by atoms with Crippen LogP contribution < -0.4 is 11.1 Å². The first-order valence-electron chi connectivity index (χ1n) is 2.84. The maximum atomic E-state index is 8.34. The Bertz CT molecular complexity index is 139. The molecule has 0 aromatic heterocycles. The minimum atomic E-state index is -0.500. The molecule has 0 saturated carbocycles. The summed E-state index contributed by atoms with van der Waals surface area (Å²) in [7, 11) is 0. The van der Waals surface area contributed by atoms with E-state index in [1.54, 1.807) is 0 Å². The Morgan fingerprint density at radius 2 is 1.58 bits per heavy atom. The van der Waals surface area contributed by atoms with Crippen molar-refractivity contribution in [1.82, 2.24) is 5.32 Å². The molecule has 0 aromatic carbocycles. The second kappa shape index (κ2) is 12.0. The van der Waals surface area contributed by atoms with Crippen LogP contribution in [0, 0.1) is 0 Å². The number of aliphatic hydroxyl groups is 2. The van der Waals surface area contributed by atoms with Crippen molar-refractivity contribution in [3.05, 3.63) is 0 Å². The minimum absolute atomic E-state index is 0. The summed E-state index contributed by atoms with van der Waals surface area (Å²) in [4.78, 5) is 0. The molecule has 0 rings (SSSR count). The van der Waals surface area contributed by atoms with Crippen molar-refractivity contribution < 1.29 is 10.2 Å². The number of nitrogens with one attached hydrogen (secondary N) is 1. The van der Waals surface area contributed by atoms with Crippen molar-refractivity contribution in [1.29, 1.82) is 0 Å². The molecular formula is C5H13KN2O2S2. The van der Waals surface area contributed by atoms with Crippen LogP contribution in [0.4, 0.5) is 0 Å². The molecular weight excluding hydrogens is 223 g/mol. The van der Waals surface area contributed by atoms with E-state index in [-0.39, 0.29) is 62.6 Å². The van der Waals surface area contributed by atoms with E-state index in [2.05, 4.69) is 35.5 Å². The molecule has 68 valence electrons. The van der Waals surface area contributed by atoms with Crippen molar-refractivity contribution in [3.63, 3.8) is 0 Å². The number of hydrogen-bond acceptors (Lipinski definition) is 2. The van der Waals surface area contributed by atoms with E-state index in [1.807, 2.05) is 13.8 Å². The van der Waals surface area contributed by atoms with Crippen LogP contribution in [0.1, 0.15) is 13.8 Å². The topological polar surface area (TPSA) is 78.5 Å². The van der Waals surface area contributed by atoms with Crippen LogP contribution >= 0.6 is 24.4 Å². The number of rotatable bonds is 1. The molecule has 0 aliphatic heterocycles. The summed E-state index contributed by atoms with van der Waals surface area (Å²) in [5, 5.41) is 17.9. The molecule has 0 atom stereocenters. The second-order valence-corrected chi connectivity index (χ2v) is 2.75. The zero-order valence-corrected chi connectivity index (χ0v) is 8.00. The quantitative estimate of drug-likeness (QED) is 0.378. The third-order valence-electron chi connectivity index (χ3n) is 0.412. The Morgan fingerprint density at radius 1 is 1.33 bits per heavy atom. The fourth-order valence-corrected chi connectivity index (χ4v) is 0.483. The van der Waals surface area contributed by atoms with Gasteiger partial charge in [0, 0.05) is 6.04 Å². The number of thiocarbonyl (C=S) groups is 2. The van der Waals surface area contributed by atoms with Gasteiger partial charge in [0.15, 0.2) is 0 Å². The van der Waals surface area contributed by atoms with Gasteiger partial charge >= 0.3 is 51.4 Å². The van der Waals surface area contributed by atoms with E-state index in [9.17, 15) is 0 Å². The van der Waals surface area contributed by atoms with E-state index >= 15 is 0 Å². The molecule has 0 amide bonds. The van der Waals surface area contributed by atoms with E-state index < -0.39 is 5.17 Å². The van der Waals surface area contributed by atoms with Crippen LogP contribution in [0.3, 0.4) is 0 Å². The van der Waals surface area contributed by atoms with E-state index in [4.69, 9.17) is 10.2 Å². The molecule has 0 saturated heterocycles. The summed E-state index contributed by atoms with van der Waals surface area (Å²) in [6.07, 6.45) is 0. The molecule has 4 nitrogen and oxygen atoms in total. The Balaban J connectivity index is -0.000000142. The van der Waals surface area contributed by atoms with E-state index in [1.165, 1.54) is 0 Å². The molecule has 0 radical (unpaired) electrons. The van der Waals surface area contributed by atoms with Gasteiger partial charge in [-0.2, -0.15) is 0 Å². The molecule has 0 fully saturated rings. The Hall–Kier alpha value is 1.02. The summed E-state index contributed by atoms with van der Waals surface area (Å²) >= 11 is 8.19. The Kier molecular flexibility index (Phi) is 18.8. The van der Waals surface area contributed by atoms with Crippen LogP contribution in [0.15, 0.2) is 0 Å². The average molecular weight is 236 g/mol. The van der Waals surface area contributed by atoms with Crippen molar-refractivity contribution >= 4 is 86.2 Å². The number of nitrogens with two attached hydrogens (primary N) is 1. The van der Waals surface area contributed by atoms with Crippen molar-refractivity contribution in [2.45, 2.75) is 19.9 Å². The van der Waals surface area contributed by atoms with Gasteiger partial charge < -0.3 is 21.3 Å². The van der Waals surface area contributed by atoms with Crippen molar-refractivity contribution in [3.8, 4) is 0 Å². The van der Waals surface area contributed by atoms with Crippen LogP contribution in [0.5, 0.6) is 0 Å². The first-order chi connectivity index (χ1) is 4.86. The predicted molar refractivity (Wildman–Crippen MR) is 60.1 cm³/mol. The van der Waals surface area contributed by atoms with Gasteiger partial charge in [0.25, 0.3) is 10.3 Å². The van der Waals surface area contributed by atoms with Gasteiger partial charge in [0.05, 0.1) is 0 Å². The summed E-state index contributed by atoms with van der Waals surface area (Å²) in [6, 6.07) is 0.234. The fraction of sp³-hybridized carbons (Fsp3) is 0.600. The molecule has 0 aromatic rings. The summed E-state index contributed by atoms with van der Waals surface area (Å²) in [5.74, 6) is 0. The Morgan fingerprint density at radius 3 is 1.58 bits per heavy atom. The normalized spacial score (nSPS) is 7.25. The Labute approximate surface area is 125 Å². The van der Waals surface area contributed by atoms with Gasteiger partial charge in [-0.15, -0.1) is 0 Å². The molecule has 0 aliphatic carbocycles. The molecule has 0 bridgehead atoms. The molecule has 0 aliphatic rings. The van der Waals surface area contributed by atoms with Crippen LogP contribution in [-0.4, -0.2) is 78.0 Å². The van der Waals surface area contributed by atoms with Gasteiger partial charge in [0.2, 0.25) is 0 Å². The fourth-order valence-electron chi connectivity index (χ4n) is 0.247. The van der Waals surface area contributed by atoms with Gasteiger partial charge in [-0.05, 0) is 38.3 Å². The average Bonchev–Trinajstić information content (AvgIpc) is 1.56. The van der Waals surface area contributed by atoms with E-state index in [0.29, 0.717) is 0 Å². The van der Waals surface area contributed by atoms with E-state index in [0.717, 1.165) is 0 Å².